The van der Waals surface area contributed by atoms with E-state index in [1.165, 1.54) is 25.7 Å². The average Bonchev–Trinajstić information content (AvgIpc) is 3.34. The van der Waals surface area contributed by atoms with Gasteiger partial charge in [0.15, 0.2) is 0 Å². The molecule has 8 heteroatoms. The molecule has 5 rings (SSSR count). The summed E-state index contributed by atoms with van der Waals surface area (Å²) in [6, 6.07) is 7.80. The van der Waals surface area contributed by atoms with Gasteiger partial charge in [-0.3, -0.25) is 0 Å². The number of rotatable bonds is 7. The van der Waals surface area contributed by atoms with Gasteiger partial charge in [-0.25, -0.2) is 9.97 Å². The van der Waals surface area contributed by atoms with Crippen LogP contribution in [0.25, 0.3) is 11.5 Å². The van der Waals surface area contributed by atoms with Gasteiger partial charge in [0.25, 0.3) is 0 Å². The van der Waals surface area contributed by atoms with Gasteiger partial charge in [-0.05, 0) is 67.7 Å². The maximum Gasteiger partial charge on any atom is 0.247 e. The lowest BCUT2D eigenvalue weighted by Crippen LogP contribution is -2.35. The predicted octanol–water partition coefficient (Wildman–Crippen LogP) is 4.50. The molecule has 1 aromatic carbocycles. The zero-order valence-corrected chi connectivity index (χ0v) is 17.4. The topological polar surface area (TPSA) is 77.2 Å². The third-order valence-electron chi connectivity index (χ3n) is 6.23. The van der Waals surface area contributed by atoms with Crippen molar-refractivity contribution in [2.45, 2.75) is 25.7 Å². The Balaban J connectivity index is 1.03. The maximum atomic E-state index is 5.95. The second-order valence-corrected chi connectivity index (χ2v) is 8.53. The molecule has 3 heterocycles. The van der Waals surface area contributed by atoms with E-state index in [2.05, 4.69) is 25.1 Å². The van der Waals surface area contributed by atoms with Gasteiger partial charge in [-0.1, -0.05) is 11.6 Å². The Hall–Kier alpha value is -2.67. The lowest BCUT2D eigenvalue weighted by molar-refractivity contribution is 0.284. The third kappa shape index (κ3) is 4.41. The normalized spacial score (nSPS) is 21.6. The van der Waals surface area contributed by atoms with Crippen molar-refractivity contribution in [2.24, 2.45) is 17.8 Å². The number of hydrogen-bond acceptors (Lipinski definition) is 7. The first-order valence-corrected chi connectivity index (χ1v) is 10.9. The van der Waals surface area contributed by atoms with Crippen molar-refractivity contribution in [1.29, 1.82) is 0 Å². The Bertz CT molecular complexity index is 941. The summed E-state index contributed by atoms with van der Waals surface area (Å²) in [4.78, 5) is 11.0. The Morgan fingerprint density at radius 3 is 2.57 bits per heavy atom. The molecule has 0 spiro atoms. The molecule has 0 bridgehead atoms. The van der Waals surface area contributed by atoms with Crippen molar-refractivity contribution in [3.05, 3.63) is 48.1 Å². The van der Waals surface area contributed by atoms with Crippen molar-refractivity contribution in [2.75, 3.05) is 24.6 Å². The van der Waals surface area contributed by atoms with Crippen LogP contribution in [0.4, 0.5) is 5.95 Å². The zero-order valence-electron chi connectivity index (χ0n) is 16.7. The second-order valence-electron chi connectivity index (χ2n) is 8.09. The van der Waals surface area contributed by atoms with Crippen LogP contribution in [0.5, 0.6) is 5.75 Å². The van der Waals surface area contributed by atoms with Gasteiger partial charge in [0, 0.05) is 18.7 Å². The molecule has 1 aliphatic carbocycles. The number of anilines is 1. The number of halogens is 1. The molecule has 0 N–H and O–H groups in total. The zero-order chi connectivity index (χ0) is 20.3. The number of nitrogens with zero attached hydrogens (tertiary/aromatic N) is 5. The van der Waals surface area contributed by atoms with Crippen LogP contribution in [-0.2, 0) is 0 Å². The van der Waals surface area contributed by atoms with Gasteiger partial charge in [0.1, 0.15) is 5.75 Å². The molecule has 3 aromatic rings. The minimum Gasteiger partial charge on any atom is -0.494 e. The van der Waals surface area contributed by atoms with Crippen LogP contribution in [0, 0.1) is 17.8 Å². The van der Waals surface area contributed by atoms with Crippen LogP contribution in [0.2, 0.25) is 5.02 Å². The Kier molecular flexibility index (Phi) is 5.53. The monoisotopic (exact) mass is 425 g/mol. The number of hydrogen-bond donors (Lipinski definition) is 0. The molecule has 7 nitrogen and oxygen atoms in total. The van der Waals surface area contributed by atoms with E-state index in [1.54, 1.807) is 12.4 Å². The molecule has 1 aliphatic heterocycles. The van der Waals surface area contributed by atoms with Crippen LogP contribution in [-0.4, -0.2) is 39.9 Å². The molecule has 2 atom stereocenters. The smallest absolute Gasteiger partial charge is 0.247 e. The van der Waals surface area contributed by atoms with Crippen molar-refractivity contribution < 1.29 is 9.15 Å². The number of piperidine rings is 1. The molecular formula is C22H24ClN5O2. The van der Waals surface area contributed by atoms with Gasteiger partial charge >= 0.3 is 0 Å². The molecule has 1 saturated carbocycles. The molecule has 0 amide bonds. The number of benzene rings is 1. The standard InChI is InChI=1S/C22H24ClN5O2/c23-18-12-24-22(25-13-18)28-8-5-15(6-9-28)20-11-17(20)7-10-29-19-3-1-16(2-4-19)21-27-26-14-30-21/h1-4,12-15,17,20H,5-11H2. The van der Waals surface area contributed by atoms with Crippen molar-refractivity contribution in [1.82, 2.24) is 20.2 Å². The SMILES string of the molecule is Clc1cnc(N2CCC(C3CC3CCOc3ccc(-c4nnco4)cc3)CC2)nc1. The van der Waals surface area contributed by atoms with Gasteiger partial charge < -0.3 is 14.1 Å². The van der Waals surface area contributed by atoms with Gasteiger partial charge in [0.2, 0.25) is 18.2 Å². The highest BCUT2D eigenvalue weighted by atomic mass is 35.5. The highest BCUT2D eigenvalue weighted by Crippen LogP contribution is 2.49. The van der Waals surface area contributed by atoms with E-state index >= 15 is 0 Å². The summed E-state index contributed by atoms with van der Waals surface area (Å²) in [5, 5.41) is 8.20. The van der Waals surface area contributed by atoms with Crippen LogP contribution in [0.1, 0.15) is 25.7 Å². The van der Waals surface area contributed by atoms with E-state index in [0.717, 1.165) is 61.1 Å². The minimum atomic E-state index is 0.524. The molecule has 1 saturated heterocycles. The third-order valence-corrected chi connectivity index (χ3v) is 6.43. The number of aromatic nitrogens is 4. The molecular weight excluding hydrogens is 402 g/mol. The summed E-state index contributed by atoms with van der Waals surface area (Å²) in [5.41, 5.74) is 0.900. The maximum absolute atomic E-state index is 5.95. The fourth-order valence-electron chi connectivity index (χ4n) is 4.50. The first-order valence-electron chi connectivity index (χ1n) is 10.5. The van der Waals surface area contributed by atoms with Crippen molar-refractivity contribution in [3.63, 3.8) is 0 Å². The first kappa shape index (κ1) is 19.3. The second kappa shape index (κ2) is 8.60. The van der Waals surface area contributed by atoms with Crippen LogP contribution in [0.15, 0.2) is 47.5 Å². The predicted molar refractivity (Wildman–Crippen MR) is 113 cm³/mol. The van der Waals surface area contributed by atoms with Gasteiger partial charge in [-0.15, -0.1) is 10.2 Å². The minimum absolute atomic E-state index is 0.524. The molecule has 0 radical (unpaired) electrons. The summed E-state index contributed by atoms with van der Waals surface area (Å²) in [7, 11) is 0. The summed E-state index contributed by atoms with van der Waals surface area (Å²) in [6.45, 7) is 2.81. The molecule has 2 aliphatic rings. The fourth-order valence-corrected chi connectivity index (χ4v) is 4.60. The van der Waals surface area contributed by atoms with E-state index in [4.69, 9.17) is 20.8 Å². The average molecular weight is 426 g/mol. The van der Waals surface area contributed by atoms with E-state index < -0.39 is 0 Å². The highest BCUT2D eigenvalue weighted by molar-refractivity contribution is 6.30. The Morgan fingerprint density at radius 2 is 1.87 bits per heavy atom. The Labute approximate surface area is 180 Å². The van der Waals surface area contributed by atoms with Crippen LogP contribution in [0.3, 0.4) is 0 Å². The first-order chi connectivity index (χ1) is 14.8. The fraction of sp³-hybridized carbons (Fsp3) is 0.455. The molecule has 30 heavy (non-hydrogen) atoms. The summed E-state index contributed by atoms with van der Waals surface area (Å²) >= 11 is 5.89. The van der Waals surface area contributed by atoms with E-state index in [-0.39, 0.29) is 0 Å². The number of ether oxygens (including phenoxy) is 1. The van der Waals surface area contributed by atoms with Crippen LogP contribution < -0.4 is 9.64 Å². The van der Waals surface area contributed by atoms with E-state index in [1.807, 2.05) is 24.3 Å². The molecule has 2 aromatic heterocycles. The summed E-state index contributed by atoms with van der Waals surface area (Å²) in [6.07, 6.45) is 9.56. The largest absolute Gasteiger partial charge is 0.494 e. The van der Waals surface area contributed by atoms with Crippen molar-refractivity contribution >= 4 is 17.5 Å². The lowest BCUT2D eigenvalue weighted by Gasteiger charge is -2.32. The van der Waals surface area contributed by atoms with Gasteiger partial charge in [-0.2, -0.15) is 0 Å². The molecule has 2 fully saturated rings. The van der Waals surface area contributed by atoms with Crippen molar-refractivity contribution in [3.8, 4) is 17.2 Å². The summed E-state index contributed by atoms with van der Waals surface area (Å²) < 4.78 is 11.2. The van der Waals surface area contributed by atoms with E-state index in [0.29, 0.717) is 10.9 Å². The molecule has 156 valence electrons. The van der Waals surface area contributed by atoms with Gasteiger partial charge in [0.05, 0.1) is 24.0 Å². The Morgan fingerprint density at radius 1 is 1.10 bits per heavy atom. The quantitative estimate of drug-likeness (QED) is 0.551. The highest BCUT2D eigenvalue weighted by Gasteiger charge is 2.43. The lowest BCUT2D eigenvalue weighted by atomic mass is 9.90. The van der Waals surface area contributed by atoms with E-state index in [9.17, 15) is 0 Å². The van der Waals surface area contributed by atoms with Crippen LogP contribution >= 0.6 is 11.6 Å². The molecule has 2 unspecified atom stereocenters. The summed E-state index contributed by atoms with van der Waals surface area (Å²) in [5.74, 6) is 4.66.